The summed E-state index contributed by atoms with van der Waals surface area (Å²) in [6.07, 6.45) is 0.531. The molecular formula is C17H19N5O4. The largest absolute Gasteiger partial charge is 0.423 e. The van der Waals surface area contributed by atoms with Gasteiger partial charge in [0.2, 0.25) is 5.91 Å². The number of anilines is 1. The quantitative estimate of drug-likeness (QED) is 0.770. The van der Waals surface area contributed by atoms with E-state index in [4.69, 9.17) is 4.42 Å². The first kappa shape index (κ1) is 16.4. The highest BCUT2D eigenvalue weighted by molar-refractivity contribution is 6.04. The average molecular weight is 357 g/mol. The molecule has 3 heterocycles. The lowest BCUT2D eigenvalue weighted by atomic mass is 10.1. The monoisotopic (exact) mass is 357 g/mol. The number of rotatable bonds is 4. The smallest absolute Gasteiger partial charge is 0.322 e. The van der Waals surface area contributed by atoms with Crippen LogP contribution in [0.25, 0.3) is 11.1 Å². The van der Waals surface area contributed by atoms with Crippen molar-refractivity contribution in [2.45, 2.75) is 18.9 Å². The fourth-order valence-corrected chi connectivity index (χ4v) is 3.23. The van der Waals surface area contributed by atoms with Gasteiger partial charge in [0.1, 0.15) is 11.6 Å². The zero-order valence-electron chi connectivity index (χ0n) is 14.1. The standard InChI is InChI=1S/C17H19N5O4/c23-14(6-5-12-15(24)20-16(25)18-12)21-7-9-22(10-8-21)17-19-11-3-1-2-4-13(11)26-17/h1-4,12H,5-10H2,(H2,18,20,24,25)/t12-/m0/s1. The molecule has 2 N–H and O–H groups in total. The number of urea groups is 1. The van der Waals surface area contributed by atoms with Crippen molar-refractivity contribution >= 4 is 35.0 Å². The second-order valence-corrected chi connectivity index (χ2v) is 6.39. The third-order valence-corrected chi connectivity index (χ3v) is 4.69. The summed E-state index contributed by atoms with van der Waals surface area (Å²) in [6, 6.07) is 7.05. The van der Waals surface area contributed by atoms with Gasteiger partial charge in [-0.05, 0) is 18.6 Å². The van der Waals surface area contributed by atoms with Gasteiger partial charge in [-0.3, -0.25) is 14.9 Å². The maximum absolute atomic E-state index is 12.4. The molecule has 2 aromatic rings. The zero-order chi connectivity index (χ0) is 18.1. The third kappa shape index (κ3) is 3.19. The van der Waals surface area contributed by atoms with Crippen LogP contribution in [-0.4, -0.2) is 60.0 Å². The number of fused-ring (bicyclic) bond motifs is 1. The number of imide groups is 1. The molecule has 9 heteroatoms. The number of hydrogen-bond donors (Lipinski definition) is 2. The van der Waals surface area contributed by atoms with Gasteiger partial charge < -0.3 is 19.5 Å². The van der Waals surface area contributed by atoms with Crippen molar-refractivity contribution in [3.05, 3.63) is 24.3 Å². The number of para-hydroxylation sites is 2. The highest BCUT2D eigenvalue weighted by atomic mass is 16.4. The van der Waals surface area contributed by atoms with E-state index in [1.807, 2.05) is 29.2 Å². The predicted octanol–water partition coefficient (Wildman–Crippen LogP) is 0.465. The summed E-state index contributed by atoms with van der Waals surface area (Å²) < 4.78 is 5.77. The van der Waals surface area contributed by atoms with Crippen molar-refractivity contribution in [3.8, 4) is 0 Å². The Kier molecular flexibility index (Phi) is 4.19. The lowest BCUT2D eigenvalue weighted by molar-refractivity contribution is -0.131. The van der Waals surface area contributed by atoms with E-state index in [2.05, 4.69) is 15.6 Å². The van der Waals surface area contributed by atoms with E-state index in [9.17, 15) is 14.4 Å². The maximum Gasteiger partial charge on any atom is 0.322 e. The number of benzene rings is 1. The van der Waals surface area contributed by atoms with Crippen molar-refractivity contribution in [2.75, 3.05) is 31.1 Å². The first-order valence-corrected chi connectivity index (χ1v) is 8.60. The molecule has 0 saturated carbocycles. The van der Waals surface area contributed by atoms with Crippen LogP contribution in [-0.2, 0) is 9.59 Å². The number of hydrogen-bond acceptors (Lipinski definition) is 6. The van der Waals surface area contributed by atoms with E-state index in [0.29, 0.717) is 38.6 Å². The third-order valence-electron chi connectivity index (χ3n) is 4.69. The van der Waals surface area contributed by atoms with Crippen LogP contribution in [0.5, 0.6) is 0 Å². The van der Waals surface area contributed by atoms with Gasteiger partial charge in [0.05, 0.1) is 0 Å². The van der Waals surface area contributed by atoms with Crippen LogP contribution in [0.1, 0.15) is 12.8 Å². The van der Waals surface area contributed by atoms with Gasteiger partial charge in [-0.25, -0.2) is 4.79 Å². The van der Waals surface area contributed by atoms with Gasteiger partial charge in [0.15, 0.2) is 5.58 Å². The zero-order valence-corrected chi connectivity index (χ0v) is 14.1. The van der Waals surface area contributed by atoms with Crippen molar-refractivity contribution in [3.63, 3.8) is 0 Å². The number of carbonyl (C=O) groups excluding carboxylic acids is 3. The summed E-state index contributed by atoms with van der Waals surface area (Å²) in [5.41, 5.74) is 1.57. The van der Waals surface area contributed by atoms with E-state index >= 15 is 0 Å². The number of oxazole rings is 1. The van der Waals surface area contributed by atoms with Crippen LogP contribution in [0.15, 0.2) is 28.7 Å². The SMILES string of the molecule is O=C1NC(=O)[C@H](CCC(=O)N2CCN(c3nc4ccccc4o3)CC2)N1. The lowest BCUT2D eigenvalue weighted by Crippen LogP contribution is -2.49. The fourth-order valence-electron chi connectivity index (χ4n) is 3.23. The summed E-state index contributed by atoms with van der Waals surface area (Å²) in [7, 11) is 0. The molecule has 1 aromatic carbocycles. The Labute approximate surface area is 149 Å². The number of nitrogens with one attached hydrogen (secondary N) is 2. The van der Waals surface area contributed by atoms with Gasteiger partial charge in [-0.15, -0.1) is 0 Å². The highest BCUT2D eigenvalue weighted by Gasteiger charge is 2.31. The summed E-state index contributed by atoms with van der Waals surface area (Å²) in [5, 5.41) is 4.67. The molecule has 1 aromatic heterocycles. The molecule has 2 aliphatic rings. The molecule has 0 unspecified atom stereocenters. The highest BCUT2D eigenvalue weighted by Crippen LogP contribution is 2.22. The maximum atomic E-state index is 12.4. The number of nitrogens with zero attached hydrogens (tertiary/aromatic N) is 3. The summed E-state index contributed by atoms with van der Waals surface area (Å²) >= 11 is 0. The minimum atomic E-state index is -0.618. The molecule has 2 fully saturated rings. The number of piperazine rings is 1. The first-order valence-electron chi connectivity index (χ1n) is 8.60. The van der Waals surface area contributed by atoms with Crippen molar-refractivity contribution in [2.24, 2.45) is 0 Å². The lowest BCUT2D eigenvalue weighted by Gasteiger charge is -2.34. The molecule has 2 aliphatic heterocycles. The Morgan fingerprint density at radius 3 is 2.65 bits per heavy atom. The van der Waals surface area contributed by atoms with Crippen LogP contribution >= 0.6 is 0 Å². The van der Waals surface area contributed by atoms with Crippen molar-refractivity contribution in [1.82, 2.24) is 20.5 Å². The Morgan fingerprint density at radius 2 is 1.96 bits per heavy atom. The van der Waals surface area contributed by atoms with Gasteiger partial charge in [0, 0.05) is 32.6 Å². The number of carbonyl (C=O) groups is 3. The summed E-state index contributed by atoms with van der Waals surface area (Å²) in [6.45, 7) is 2.42. The summed E-state index contributed by atoms with van der Waals surface area (Å²) in [5.74, 6) is -0.389. The van der Waals surface area contributed by atoms with Gasteiger partial charge in [0.25, 0.3) is 11.9 Å². The average Bonchev–Trinajstić information content (AvgIpc) is 3.22. The molecule has 1 atom stereocenters. The van der Waals surface area contributed by atoms with Gasteiger partial charge in [-0.1, -0.05) is 12.1 Å². The molecule has 0 aliphatic carbocycles. The van der Waals surface area contributed by atoms with E-state index in [0.717, 1.165) is 11.1 Å². The van der Waals surface area contributed by atoms with Crippen LogP contribution in [0, 0.1) is 0 Å². The molecule has 9 nitrogen and oxygen atoms in total. The second-order valence-electron chi connectivity index (χ2n) is 6.39. The number of aromatic nitrogens is 1. The van der Waals surface area contributed by atoms with Crippen molar-refractivity contribution in [1.29, 1.82) is 0 Å². The summed E-state index contributed by atoms with van der Waals surface area (Å²) in [4.78, 5) is 43.2. The van der Waals surface area contributed by atoms with E-state index in [1.165, 1.54) is 0 Å². The Balaban J connectivity index is 1.29. The minimum absolute atomic E-state index is 0.0174. The molecule has 0 bridgehead atoms. The van der Waals surface area contributed by atoms with Crippen molar-refractivity contribution < 1.29 is 18.8 Å². The molecule has 4 amide bonds. The Hall–Kier alpha value is -3.10. The topological polar surface area (TPSA) is 108 Å². The van der Waals surface area contributed by atoms with E-state index in [-0.39, 0.29) is 18.2 Å². The molecule has 0 spiro atoms. The number of amides is 4. The van der Waals surface area contributed by atoms with Crippen LogP contribution in [0.3, 0.4) is 0 Å². The van der Waals surface area contributed by atoms with E-state index in [1.54, 1.807) is 4.90 Å². The molecule has 136 valence electrons. The van der Waals surface area contributed by atoms with Crippen LogP contribution in [0.4, 0.5) is 10.8 Å². The molecular weight excluding hydrogens is 338 g/mol. The van der Waals surface area contributed by atoms with Crippen LogP contribution in [0.2, 0.25) is 0 Å². The molecule has 26 heavy (non-hydrogen) atoms. The van der Waals surface area contributed by atoms with E-state index < -0.39 is 12.1 Å². The van der Waals surface area contributed by atoms with Gasteiger partial charge >= 0.3 is 6.03 Å². The minimum Gasteiger partial charge on any atom is -0.423 e. The predicted molar refractivity (Wildman–Crippen MR) is 92.5 cm³/mol. The molecule has 0 radical (unpaired) electrons. The second kappa shape index (κ2) is 6.66. The van der Waals surface area contributed by atoms with Gasteiger partial charge in [-0.2, -0.15) is 4.98 Å². The Morgan fingerprint density at radius 1 is 1.19 bits per heavy atom. The first-order chi connectivity index (χ1) is 12.6. The molecule has 2 saturated heterocycles. The Bertz CT molecular complexity index is 823. The molecule has 4 rings (SSSR count). The fraction of sp³-hybridized carbons (Fsp3) is 0.412. The van der Waals surface area contributed by atoms with Crippen LogP contribution < -0.4 is 15.5 Å². The normalized spacial score (nSPS) is 20.4.